The Morgan fingerprint density at radius 2 is 2.00 bits per heavy atom. The van der Waals surface area contributed by atoms with Crippen LogP contribution in [0.2, 0.25) is 0 Å². The number of aliphatic hydroxyl groups is 1. The van der Waals surface area contributed by atoms with Crippen molar-refractivity contribution < 1.29 is 5.11 Å². The van der Waals surface area contributed by atoms with Gasteiger partial charge in [0.25, 0.3) is 0 Å². The predicted molar refractivity (Wildman–Crippen MR) is 94.2 cm³/mol. The van der Waals surface area contributed by atoms with E-state index >= 15 is 0 Å². The number of fused-ring (bicyclic) bond motifs is 3. The van der Waals surface area contributed by atoms with Crippen molar-refractivity contribution in [2.45, 2.75) is 45.1 Å². The second-order valence-corrected chi connectivity index (χ2v) is 6.30. The molecule has 0 saturated heterocycles. The first kappa shape index (κ1) is 16.4. The lowest BCUT2D eigenvalue weighted by Gasteiger charge is -2.13. The van der Waals surface area contributed by atoms with Crippen LogP contribution in [-0.4, -0.2) is 20.1 Å². The molecule has 1 atom stereocenters. The van der Waals surface area contributed by atoms with Crippen molar-refractivity contribution in [3.63, 3.8) is 0 Å². The Morgan fingerprint density at radius 1 is 1.25 bits per heavy atom. The van der Waals surface area contributed by atoms with E-state index in [4.69, 9.17) is 5.26 Å². The van der Waals surface area contributed by atoms with E-state index in [0.717, 1.165) is 34.8 Å². The number of nitrogens with one attached hydrogen (secondary N) is 1. The number of imidazole rings is 1. The summed E-state index contributed by atoms with van der Waals surface area (Å²) in [6.45, 7) is 1.69. The summed E-state index contributed by atoms with van der Waals surface area (Å²) in [6, 6.07) is 10.1. The third-order valence-corrected chi connectivity index (χ3v) is 4.43. The number of aromatic nitrogens is 3. The van der Waals surface area contributed by atoms with Crippen LogP contribution < -0.4 is 0 Å². The van der Waals surface area contributed by atoms with Crippen molar-refractivity contribution in [3.8, 4) is 6.07 Å². The van der Waals surface area contributed by atoms with Crippen molar-refractivity contribution in [3.05, 3.63) is 36.3 Å². The fourth-order valence-corrected chi connectivity index (χ4v) is 3.05. The quantitative estimate of drug-likeness (QED) is 0.701. The monoisotopic (exact) mass is 322 g/mol. The molecule has 2 heterocycles. The Morgan fingerprint density at radius 3 is 2.67 bits per heavy atom. The summed E-state index contributed by atoms with van der Waals surface area (Å²) in [5.74, 6) is 0.969. The number of nitriles is 1. The molecule has 2 N–H and O–H groups in total. The first-order valence-electron chi connectivity index (χ1n) is 8.50. The molecule has 1 unspecified atom stereocenters. The van der Waals surface area contributed by atoms with Crippen LogP contribution in [0, 0.1) is 17.2 Å². The van der Waals surface area contributed by atoms with Crippen molar-refractivity contribution in [1.82, 2.24) is 15.0 Å². The minimum atomic E-state index is -0.592. The number of hydrogen-bond acceptors (Lipinski definition) is 4. The Labute approximate surface area is 141 Å². The highest BCUT2D eigenvalue weighted by Gasteiger charge is 2.11. The molecule has 1 aliphatic rings. The Hall–Kier alpha value is -2.45. The van der Waals surface area contributed by atoms with Gasteiger partial charge in [-0.2, -0.15) is 5.26 Å². The molecule has 1 saturated carbocycles. The van der Waals surface area contributed by atoms with E-state index < -0.39 is 6.10 Å². The molecule has 3 aromatic rings. The normalized spacial score (nSPS) is 16.4. The van der Waals surface area contributed by atoms with Crippen molar-refractivity contribution in [2.75, 3.05) is 0 Å². The number of benzene rings is 1. The first-order valence-corrected chi connectivity index (χ1v) is 8.50. The largest absolute Gasteiger partial charge is 0.385 e. The third kappa shape index (κ3) is 3.55. The lowest BCUT2D eigenvalue weighted by atomic mass is 9.91. The number of aliphatic hydroxyl groups excluding tert-OH is 1. The molecule has 0 amide bonds. The lowest BCUT2D eigenvalue weighted by molar-refractivity contribution is 0.190. The topological polar surface area (TPSA) is 85.6 Å². The van der Waals surface area contributed by atoms with Gasteiger partial charge >= 0.3 is 0 Å². The van der Waals surface area contributed by atoms with Gasteiger partial charge in [-0.3, -0.25) is 4.98 Å². The maximum atomic E-state index is 9.48. The summed E-state index contributed by atoms with van der Waals surface area (Å²) in [4.78, 5) is 11.8. The SMILES string of the molecule is CC(O)c1nc2c(cnc3ccccc32)[nH]1.N#CC1CCCCC1. The first-order chi connectivity index (χ1) is 11.7. The molecule has 1 aliphatic carbocycles. The van der Waals surface area contributed by atoms with Crippen LogP contribution in [0.4, 0.5) is 0 Å². The van der Waals surface area contributed by atoms with Crippen LogP contribution in [0.5, 0.6) is 0 Å². The van der Waals surface area contributed by atoms with Gasteiger partial charge in [0.2, 0.25) is 0 Å². The average molecular weight is 322 g/mol. The highest BCUT2D eigenvalue weighted by molar-refractivity contribution is 6.01. The Bertz CT molecular complexity index is 857. The van der Waals surface area contributed by atoms with Gasteiger partial charge in [0.15, 0.2) is 0 Å². The molecule has 0 radical (unpaired) electrons. The van der Waals surface area contributed by atoms with Crippen LogP contribution >= 0.6 is 0 Å². The van der Waals surface area contributed by atoms with Crippen molar-refractivity contribution in [2.24, 2.45) is 5.92 Å². The molecule has 2 aromatic heterocycles. The Balaban J connectivity index is 0.000000179. The van der Waals surface area contributed by atoms with Gasteiger partial charge < -0.3 is 10.1 Å². The van der Waals surface area contributed by atoms with E-state index in [0.29, 0.717) is 11.7 Å². The van der Waals surface area contributed by atoms with Crippen LogP contribution in [0.3, 0.4) is 0 Å². The molecule has 4 rings (SSSR count). The zero-order valence-corrected chi connectivity index (χ0v) is 13.9. The number of para-hydroxylation sites is 1. The van der Waals surface area contributed by atoms with Gasteiger partial charge in [-0.15, -0.1) is 0 Å². The van der Waals surface area contributed by atoms with E-state index in [1.165, 1.54) is 19.3 Å². The van der Waals surface area contributed by atoms with Crippen LogP contribution in [0.15, 0.2) is 30.5 Å². The zero-order valence-electron chi connectivity index (χ0n) is 13.9. The lowest BCUT2D eigenvalue weighted by Crippen LogP contribution is -2.02. The fourth-order valence-electron chi connectivity index (χ4n) is 3.05. The van der Waals surface area contributed by atoms with E-state index in [1.54, 1.807) is 13.1 Å². The summed E-state index contributed by atoms with van der Waals surface area (Å²) in [6.07, 6.45) is 7.35. The molecule has 1 fully saturated rings. The maximum Gasteiger partial charge on any atom is 0.136 e. The number of nitrogens with zero attached hydrogens (tertiary/aromatic N) is 3. The van der Waals surface area contributed by atoms with Gasteiger partial charge in [-0.1, -0.05) is 37.5 Å². The number of rotatable bonds is 1. The van der Waals surface area contributed by atoms with Crippen LogP contribution in [-0.2, 0) is 0 Å². The summed E-state index contributed by atoms with van der Waals surface area (Å²) >= 11 is 0. The number of H-pyrrole nitrogens is 1. The predicted octanol–water partition coefficient (Wildman–Crippen LogP) is 4.25. The highest BCUT2D eigenvalue weighted by Crippen LogP contribution is 2.23. The highest BCUT2D eigenvalue weighted by atomic mass is 16.3. The van der Waals surface area contributed by atoms with Crippen molar-refractivity contribution in [1.29, 1.82) is 5.26 Å². The third-order valence-electron chi connectivity index (χ3n) is 4.43. The van der Waals surface area contributed by atoms with E-state index in [1.807, 2.05) is 24.3 Å². The van der Waals surface area contributed by atoms with E-state index in [2.05, 4.69) is 21.0 Å². The van der Waals surface area contributed by atoms with Crippen LogP contribution in [0.1, 0.15) is 51.0 Å². The number of pyridine rings is 1. The molecular formula is C19H22N4O. The molecule has 0 bridgehead atoms. The number of aromatic amines is 1. The molecule has 1 aromatic carbocycles. The molecular weight excluding hydrogens is 300 g/mol. The Kier molecular flexibility index (Phi) is 5.07. The van der Waals surface area contributed by atoms with E-state index in [-0.39, 0.29) is 0 Å². The van der Waals surface area contributed by atoms with Gasteiger partial charge in [0.05, 0.1) is 28.8 Å². The zero-order chi connectivity index (χ0) is 16.9. The minimum Gasteiger partial charge on any atom is -0.385 e. The molecule has 0 aliphatic heterocycles. The minimum absolute atomic E-state index is 0.392. The smallest absolute Gasteiger partial charge is 0.136 e. The second kappa shape index (κ2) is 7.41. The molecule has 24 heavy (non-hydrogen) atoms. The van der Waals surface area contributed by atoms with Gasteiger partial charge in [0, 0.05) is 11.3 Å². The standard InChI is InChI=1S/C12H11N3O.C7H11N/c1-7(16)12-14-10-6-13-9-5-3-2-4-8(9)11(10)15-12;8-6-7-4-2-1-3-5-7/h2-7,16H,1H3,(H,14,15);7H,1-5H2. The fraction of sp³-hybridized carbons (Fsp3) is 0.421. The van der Waals surface area contributed by atoms with Gasteiger partial charge in [-0.05, 0) is 25.8 Å². The summed E-state index contributed by atoms with van der Waals surface area (Å²) in [7, 11) is 0. The van der Waals surface area contributed by atoms with E-state index in [9.17, 15) is 5.11 Å². The molecule has 5 nitrogen and oxygen atoms in total. The average Bonchev–Trinajstić information content (AvgIpc) is 3.08. The maximum absolute atomic E-state index is 9.48. The summed E-state index contributed by atoms with van der Waals surface area (Å²) < 4.78 is 0. The van der Waals surface area contributed by atoms with Gasteiger partial charge in [-0.25, -0.2) is 4.98 Å². The number of hydrogen-bond donors (Lipinski definition) is 2. The molecule has 5 heteroatoms. The molecule has 0 spiro atoms. The summed E-state index contributed by atoms with van der Waals surface area (Å²) in [5, 5.41) is 18.9. The summed E-state index contributed by atoms with van der Waals surface area (Å²) in [5.41, 5.74) is 2.63. The van der Waals surface area contributed by atoms with Crippen LogP contribution in [0.25, 0.3) is 21.9 Å². The van der Waals surface area contributed by atoms with Crippen molar-refractivity contribution >= 4 is 21.9 Å². The molecule has 124 valence electrons. The second-order valence-electron chi connectivity index (χ2n) is 6.30. The van der Waals surface area contributed by atoms with Gasteiger partial charge in [0.1, 0.15) is 11.9 Å².